The Kier molecular flexibility index (Phi) is 4.49. The van der Waals surface area contributed by atoms with Crippen molar-refractivity contribution in [2.45, 2.75) is 31.7 Å². The second kappa shape index (κ2) is 5.81. The molecule has 1 heterocycles. The topological polar surface area (TPSA) is 72.6 Å². The van der Waals surface area contributed by atoms with Gasteiger partial charge in [0.1, 0.15) is 0 Å². The molecule has 6 heteroatoms. The van der Waals surface area contributed by atoms with E-state index in [9.17, 15) is 8.42 Å². The largest absolute Gasteiger partial charge is 0.373 e. The van der Waals surface area contributed by atoms with Gasteiger partial charge in [0.2, 0.25) is 10.0 Å². The van der Waals surface area contributed by atoms with E-state index in [1.807, 2.05) is 38.1 Å². The zero-order valence-corrected chi connectivity index (χ0v) is 12.8. The third-order valence-electron chi connectivity index (χ3n) is 3.46. The monoisotopic (exact) mass is 298 g/mol. The number of benzene rings is 1. The summed E-state index contributed by atoms with van der Waals surface area (Å²) in [4.78, 5) is 0. The maximum atomic E-state index is 12.5. The van der Waals surface area contributed by atoms with Crippen LogP contribution >= 0.6 is 0 Å². The number of nitrogens with zero attached hydrogens (tertiary/aromatic N) is 1. The fraction of sp³-hybridized carbons (Fsp3) is 0.571. The number of hydrogen-bond acceptors (Lipinski definition) is 4. The Labute approximate surface area is 120 Å². The summed E-state index contributed by atoms with van der Waals surface area (Å²) in [6, 6.07) is 7.41. The van der Waals surface area contributed by atoms with Crippen molar-refractivity contribution in [3.05, 3.63) is 35.4 Å². The molecule has 5 nitrogen and oxygen atoms in total. The van der Waals surface area contributed by atoms with Gasteiger partial charge in [0.15, 0.2) is 0 Å². The Morgan fingerprint density at radius 3 is 2.55 bits per heavy atom. The molecule has 0 radical (unpaired) electrons. The van der Waals surface area contributed by atoms with Crippen molar-refractivity contribution >= 4 is 10.0 Å². The van der Waals surface area contributed by atoms with Crippen LogP contribution in [0.2, 0.25) is 0 Å². The van der Waals surface area contributed by atoms with Crippen molar-refractivity contribution in [3.8, 4) is 0 Å². The van der Waals surface area contributed by atoms with Crippen molar-refractivity contribution in [1.29, 1.82) is 0 Å². The van der Waals surface area contributed by atoms with Crippen LogP contribution in [0.3, 0.4) is 0 Å². The molecule has 2 rings (SSSR count). The van der Waals surface area contributed by atoms with Gasteiger partial charge in [-0.15, -0.1) is 0 Å². The lowest BCUT2D eigenvalue weighted by Crippen LogP contribution is -2.50. The van der Waals surface area contributed by atoms with Gasteiger partial charge in [0.25, 0.3) is 0 Å². The van der Waals surface area contributed by atoms with E-state index >= 15 is 0 Å². The zero-order chi connectivity index (χ0) is 14.8. The summed E-state index contributed by atoms with van der Waals surface area (Å²) in [6.07, 6.45) is 0. The molecule has 1 aliphatic rings. The molecule has 1 aromatic carbocycles. The third-order valence-corrected chi connectivity index (χ3v) is 5.23. The van der Waals surface area contributed by atoms with E-state index < -0.39 is 15.6 Å². The molecule has 1 saturated heterocycles. The molecular weight excluding hydrogens is 276 g/mol. The number of rotatable bonds is 4. The lowest BCUT2D eigenvalue weighted by molar-refractivity contribution is -0.0640. The fourth-order valence-corrected chi connectivity index (χ4v) is 4.11. The SMILES string of the molecule is CC1(C)CN(S(=O)(=O)Cc2ccccc2CN)CCO1. The van der Waals surface area contributed by atoms with Gasteiger partial charge >= 0.3 is 0 Å². The number of morpholine rings is 1. The molecule has 1 fully saturated rings. The highest BCUT2D eigenvalue weighted by Crippen LogP contribution is 2.22. The summed E-state index contributed by atoms with van der Waals surface area (Å²) in [5, 5.41) is 0. The van der Waals surface area contributed by atoms with Gasteiger partial charge in [-0.1, -0.05) is 24.3 Å². The highest BCUT2D eigenvalue weighted by molar-refractivity contribution is 7.88. The lowest BCUT2D eigenvalue weighted by atomic mass is 10.1. The molecule has 112 valence electrons. The standard InChI is InChI=1S/C14H22N2O3S/c1-14(2)11-16(7-8-19-14)20(17,18)10-13-6-4-3-5-12(13)9-15/h3-6H,7-11,15H2,1-2H3. The number of hydrogen-bond donors (Lipinski definition) is 1. The minimum atomic E-state index is -3.34. The molecule has 2 N–H and O–H groups in total. The van der Waals surface area contributed by atoms with Crippen molar-refractivity contribution in [1.82, 2.24) is 4.31 Å². The Balaban J connectivity index is 2.19. The van der Waals surface area contributed by atoms with Crippen molar-refractivity contribution in [3.63, 3.8) is 0 Å². The first-order valence-electron chi connectivity index (χ1n) is 6.73. The Morgan fingerprint density at radius 2 is 1.95 bits per heavy atom. The van der Waals surface area contributed by atoms with E-state index in [0.29, 0.717) is 26.2 Å². The highest BCUT2D eigenvalue weighted by Gasteiger charge is 2.34. The molecule has 0 spiro atoms. The Bertz CT molecular complexity index is 570. The minimum Gasteiger partial charge on any atom is -0.373 e. The van der Waals surface area contributed by atoms with Crippen LogP contribution in [-0.2, 0) is 27.1 Å². The van der Waals surface area contributed by atoms with E-state index in [1.165, 1.54) is 4.31 Å². The highest BCUT2D eigenvalue weighted by atomic mass is 32.2. The van der Waals surface area contributed by atoms with Gasteiger partial charge in [-0.25, -0.2) is 8.42 Å². The first-order chi connectivity index (χ1) is 9.34. The summed E-state index contributed by atoms with van der Waals surface area (Å²) >= 11 is 0. The molecule has 0 unspecified atom stereocenters. The van der Waals surface area contributed by atoms with Crippen LogP contribution in [-0.4, -0.2) is 38.0 Å². The molecule has 0 bridgehead atoms. The summed E-state index contributed by atoms with van der Waals surface area (Å²) in [6.45, 7) is 5.40. The third kappa shape index (κ3) is 3.58. The van der Waals surface area contributed by atoms with Crippen LogP contribution in [0.25, 0.3) is 0 Å². The Hall–Kier alpha value is -0.950. The van der Waals surface area contributed by atoms with Gasteiger partial charge in [0.05, 0.1) is 18.0 Å². The predicted octanol–water partition coefficient (Wildman–Crippen LogP) is 1.09. The van der Waals surface area contributed by atoms with E-state index in [4.69, 9.17) is 10.5 Å². The van der Waals surface area contributed by atoms with E-state index in [2.05, 4.69) is 0 Å². The average Bonchev–Trinajstić information content (AvgIpc) is 2.38. The first kappa shape index (κ1) is 15.4. The average molecular weight is 298 g/mol. The van der Waals surface area contributed by atoms with E-state index in [1.54, 1.807) is 0 Å². The maximum absolute atomic E-state index is 12.5. The second-order valence-corrected chi connectivity index (χ2v) is 7.64. The molecule has 0 amide bonds. The van der Waals surface area contributed by atoms with Gasteiger partial charge in [-0.05, 0) is 25.0 Å². The van der Waals surface area contributed by atoms with Crippen LogP contribution < -0.4 is 5.73 Å². The van der Waals surface area contributed by atoms with Crippen LogP contribution in [0.1, 0.15) is 25.0 Å². The van der Waals surface area contributed by atoms with Gasteiger partial charge in [-0.3, -0.25) is 0 Å². The summed E-state index contributed by atoms with van der Waals surface area (Å²) in [7, 11) is -3.34. The lowest BCUT2D eigenvalue weighted by Gasteiger charge is -2.37. The molecule has 0 saturated carbocycles. The number of nitrogens with two attached hydrogens (primary N) is 1. The van der Waals surface area contributed by atoms with Crippen LogP contribution in [0, 0.1) is 0 Å². The molecular formula is C14H22N2O3S. The van der Waals surface area contributed by atoms with Crippen LogP contribution in [0.4, 0.5) is 0 Å². The van der Waals surface area contributed by atoms with Crippen molar-refractivity contribution < 1.29 is 13.2 Å². The molecule has 0 aromatic heterocycles. The fourth-order valence-electron chi connectivity index (χ4n) is 2.40. The van der Waals surface area contributed by atoms with Gasteiger partial charge in [0, 0.05) is 19.6 Å². The first-order valence-corrected chi connectivity index (χ1v) is 8.34. The van der Waals surface area contributed by atoms with E-state index in [-0.39, 0.29) is 5.75 Å². The summed E-state index contributed by atoms with van der Waals surface area (Å²) < 4.78 is 32.2. The van der Waals surface area contributed by atoms with Gasteiger partial charge < -0.3 is 10.5 Å². The van der Waals surface area contributed by atoms with Crippen molar-refractivity contribution in [2.75, 3.05) is 19.7 Å². The normalized spacial score (nSPS) is 19.9. The Morgan fingerprint density at radius 1 is 1.30 bits per heavy atom. The van der Waals surface area contributed by atoms with Crippen LogP contribution in [0.5, 0.6) is 0 Å². The van der Waals surface area contributed by atoms with E-state index in [0.717, 1.165) is 11.1 Å². The summed E-state index contributed by atoms with van der Waals surface area (Å²) in [5.74, 6) is -0.00352. The number of ether oxygens (including phenoxy) is 1. The molecule has 0 aliphatic carbocycles. The number of sulfonamides is 1. The second-order valence-electron chi connectivity index (χ2n) is 5.67. The quantitative estimate of drug-likeness (QED) is 0.903. The molecule has 0 atom stereocenters. The molecule has 20 heavy (non-hydrogen) atoms. The van der Waals surface area contributed by atoms with Crippen LogP contribution in [0.15, 0.2) is 24.3 Å². The molecule has 1 aromatic rings. The predicted molar refractivity (Wildman–Crippen MR) is 78.6 cm³/mol. The smallest absolute Gasteiger partial charge is 0.218 e. The maximum Gasteiger partial charge on any atom is 0.218 e. The minimum absolute atomic E-state index is 0.00352. The van der Waals surface area contributed by atoms with Gasteiger partial charge in [-0.2, -0.15) is 4.31 Å². The molecule has 1 aliphatic heterocycles. The zero-order valence-electron chi connectivity index (χ0n) is 12.0. The summed E-state index contributed by atoms with van der Waals surface area (Å²) in [5.41, 5.74) is 6.89. The van der Waals surface area contributed by atoms with Crippen molar-refractivity contribution in [2.24, 2.45) is 5.73 Å².